The Balaban J connectivity index is 2.50. The van der Waals surface area contributed by atoms with Crippen molar-refractivity contribution in [1.82, 2.24) is 0 Å². The van der Waals surface area contributed by atoms with Gasteiger partial charge in [-0.05, 0) is 17.4 Å². The van der Waals surface area contributed by atoms with Crippen LogP contribution in [0.1, 0.15) is 20.3 Å². The fraction of sp³-hybridized carbons (Fsp3) is 0.444. The van der Waals surface area contributed by atoms with E-state index in [-0.39, 0.29) is 5.91 Å². The summed E-state index contributed by atoms with van der Waals surface area (Å²) >= 11 is 7.24. The average molecular weight is 218 g/mol. The summed E-state index contributed by atoms with van der Waals surface area (Å²) in [4.78, 5) is 11.3. The number of halogens is 1. The number of hydrogen-bond donors (Lipinski definition) is 1. The van der Waals surface area contributed by atoms with Crippen molar-refractivity contribution in [2.24, 2.45) is 5.92 Å². The number of carbonyl (C=O) groups excluding carboxylic acids is 1. The quantitative estimate of drug-likeness (QED) is 0.826. The summed E-state index contributed by atoms with van der Waals surface area (Å²) in [5.41, 5.74) is 0.720. The third-order valence-electron chi connectivity index (χ3n) is 1.49. The van der Waals surface area contributed by atoms with Gasteiger partial charge in [-0.25, -0.2) is 0 Å². The van der Waals surface area contributed by atoms with Gasteiger partial charge in [-0.1, -0.05) is 25.4 Å². The minimum atomic E-state index is 0.0234. The lowest BCUT2D eigenvalue weighted by Gasteiger charge is -2.05. The summed E-state index contributed by atoms with van der Waals surface area (Å²) in [6.45, 7) is 4.02. The van der Waals surface area contributed by atoms with E-state index in [9.17, 15) is 4.79 Å². The van der Waals surface area contributed by atoms with Crippen LogP contribution in [0.5, 0.6) is 0 Å². The van der Waals surface area contributed by atoms with Gasteiger partial charge < -0.3 is 5.32 Å². The predicted octanol–water partition coefficient (Wildman–Crippen LogP) is 3.39. The maximum atomic E-state index is 11.3. The van der Waals surface area contributed by atoms with Gasteiger partial charge in [0.15, 0.2) is 0 Å². The molecule has 1 N–H and O–H groups in total. The van der Waals surface area contributed by atoms with E-state index in [1.54, 1.807) is 0 Å². The van der Waals surface area contributed by atoms with Crippen LogP contribution in [-0.2, 0) is 4.79 Å². The molecule has 0 aliphatic rings. The second kappa shape index (κ2) is 4.63. The molecule has 0 radical (unpaired) electrons. The second-order valence-electron chi connectivity index (χ2n) is 3.25. The molecule has 1 amide bonds. The number of rotatable bonds is 3. The Labute approximate surface area is 86.9 Å². The molecule has 0 aliphatic heterocycles. The molecule has 0 spiro atoms. The number of hydrogen-bond acceptors (Lipinski definition) is 2. The van der Waals surface area contributed by atoms with Gasteiger partial charge in [0.2, 0.25) is 5.91 Å². The molecule has 0 bridgehead atoms. The van der Waals surface area contributed by atoms with Crippen LogP contribution in [0.2, 0.25) is 4.34 Å². The normalized spacial score (nSPS) is 10.5. The second-order valence-corrected chi connectivity index (χ2v) is 4.77. The molecular formula is C9H12ClNOS. The highest BCUT2D eigenvalue weighted by Crippen LogP contribution is 2.27. The molecule has 13 heavy (non-hydrogen) atoms. The molecule has 0 unspecified atom stereocenters. The van der Waals surface area contributed by atoms with Crippen molar-refractivity contribution in [3.8, 4) is 0 Å². The van der Waals surface area contributed by atoms with E-state index in [0.29, 0.717) is 16.7 Å². The summed E-state index contributed by atoms with van der Waals surface area (Å²) in [5.74, 6) is 0.396. The van der Waals surface area contributed by atoms with Crippen LogP contribution in [0, 0.1) is 5.92 Å². The maximum Gasteiger partial charge on any atom is 0.224 e. The minimum Gasteiger partial charge on any atom is -0.324 e. The Bertz CT molecular complexity index is 296. The Kier molecular flexibility index (Phi) is 3.75. The minimum absolute atomic E-state index is 0.0234. The molecule has 0 saturated carbocycles. The molecule has 1 heterocycles. The zero-order valence-electron chi connectivity index (χ0n) is 7.63. The first kappa shape index (κ1) is 10.5. The molecule has 4 heteroatoms. The topological polar surface area (TPSA) is 29.1 Å². The van der Waals surface area contributed by atoms with Crippen molar-refractivity contribution in [2.45, 2.75) is 20.3 Å². The molecule has 0 atom stereocenters. The van der Waals surface area contributed by atoms with Gasteiger partial charge in [0.05, 0.1) is 5.69 Å². The predicted molar refractivity (Wildman–Crippen MR) is 57.4 cm³/mol. The summed E-state index contributed by atoms with van der Waals surface area (Å²) in [5, 5.41) is 4.62. The first-order valence-electron chi connectivity index (χ1n) is 4.12. The molecule has 1 aromatic heterocycles. The third-order valence-corrected chi connectivity index (χ3v) is 2.66. The van der Waals surface area contributed by atoms with E-state index < -0.39 is 0 Å². The monoisotopic (exact) mass is 217 g/mol. The highest BCUT2D eigenvalue weighted by Gasteiger charge is 2.07. The van der Waals surface area contributed by atoms with E-state index in [4.69, 9.17) is 11.6 Å². The summed E-state index contributed by atoms with van der Waals surface area (Å²) in [6.07, 6.45) is 0.534. The molecule has 1 rings (SSSR count). The van der Waals surface area contributed by atoms with E-state index in [1.165, 1.54) is 11.3 Å². The van der Waals surface area contributed by atoms with Crippen LogP contribution in [0.15, 0.2) is 11.4 Å². The lowest BCUT2D eigenvalue weighted by atomic mass is 10.1. The Morgan fingerprint density at radius 2 is 2.38 bits per heavy atom. The van der Waals surface area contributed by atoms with Crippen LogP contribution >= 0.6 is 22.9 Å². The summed E-state index contributed by atoms with van der Waals surface area (Å²) < 4.78 is 0.636. The van der Waals surface area contributed by atoms with Crippen LogP contribution in [0.4, 0.5) is 5.69 Å². The molecule has 0 saturated heterocycles. The molecule has 0 fully saturated rings. The fourth-order valence-corrected chi connectivity index (χ4v) is 1.79. The van der Waals surface area contributed by atoms with Gasteiger partial charge in [0.25, 0.3) is 0 Å². The van der Waals surface area contributed by atoms with Crippen molar-refractivity contribution < 1.29 is 4.79 Å². The summed E-state index contributed by atoms with van der Waals surface area (Å²) in [6, 6.07) is 1.81. The van der Waals surface area contributed by atoms with Crippen molar-refractivity contribution in [2.75, 3.05) is 5.32 Å². The number of anilines is 1. The van der Waals surface area contributed by atoms with Gasteiger partial charge in [0.1, 0.15) is 4.34 Å². The molecule has 0 aromatic carbocycles. The highest BCUT2D eigenvalue weighted by atomic mass is 35.5. The van der Waals surface area contributed by atoms with Crippen LogP contribution in [-0.4, -0.2) is 5.91 Å². The zero-order chi connectivity index (χ0) is 9.84. The van der Waals surface area contributed by atoms with Crippen molar-refractivity contribution in [3.05, 3.63) is 15.8 Å². The fourth-order valence-electron chi connectivity index (χ4n) is 0.954. The van der Waals surface area contributed by atoms with Gasteiger partial charge in [-0.2, -0.15) is 0 Å². The summed E-state index contributed by atoms with van der Waals surface area (Å²) in [7, 11) is 0. The lowest BCUT2D eigenvalue weighted by Crippen LogP contribution is -2.13. The van der Waals surface area contributed by atoms with Crippen molar-refractivity contribution in [1.29, 1.82) is 0 Å². The first-order valence-corrected chi connectivity index (χ1v) is 5.38. The van der Waals surface area contributed by atoms with E-state index in [2.05, 4.69) is 5.32 Å². The third kappa shape index (κ3) is 3.36. The average Bonchev–Trinajstić information content (AvgIpc) is 2.34. The van der Waals surface area contributed by atoms with Crippen LogP contribution in [0.3, 0.4) is 0 Å². The molecule has 72 valence electrons. The van der Waals surface area contributed by atoms with Crippen LogP contribution < -0.4 is 5.32 Å². The van der Waals surface area contributed by atoms with E-state index in [1.807, 2.05) is 25.3 Å². The Morgan fingerprint density at radius 1 is 1.69 bits per heavy atom. The van der Waals surface area contributed by atoms with E-state index >= 15 is 0 Å². The molecule has 1 aromatic rings. The molecule has 2 nitrogen and oxygen atoms in total. The largest absolute Gasteiger partial charge is 0.324 e. The Hall–Kier alpha value is -0.540. The lowest BCUT2D eigenvalue weighted by molar-refractivity contribution is -0.116. The molecule has 0 aliphatic carbocycles. The standard InChI is InChI=1S/C9H12ClNOS/c1-6(2)5-8(12)11-7-3-4-13-9(7)10/h3-4,6H,5H2,1-2H3,(H,11,12). The van der Waals surface area contributed by atoms with Gasteiger partial charge in [-0.15, -0.1) is 11.3 Å². The van der Waals surface area contributed by atoms with Crippen LogP contribution in [0.25, 0.3) is 0 Å². The zero-order valence-corrected chi connectivity index (χ0v) is 9.21. The first-order chi connectivity index (χ1) is 6.09. The van der Waals surface area contributed by atoms with Gasteiger partial charge in [0, 0.05) is 6.42 Å². The number of amides is 1. The SMILES string of the molecule is CC(C)CC(=O)Nc1ccsc1Cl. The number of nitrogens with one attached hydrogen (secondary N) is 1. The number of thiophene rings is 1. The molecular weight excluding hydrogens is 206 g/mol. The van der Waals surface area contributed by atoms with Crippen molar-refractivity contribution in [3.63, 3.8) is 0 Å². The maximum absolute atomic E-state index is 11.3. The van der Waals surface area contributed by atoms with Crippen molar-refractivity contribution >= 4 is 34.5 Å². The highest BCUT2D eigenvalue weighted by molar-refractivity contribution is 7.15. The number of carbonyl (C=O) groups is 1. The smallest absolute Gasteiger partial charge is 0.224 e. The van der Waals surface area contributed by atoms with E-state index in [0.717, 1.165) is 5.69 Å². The van der Waals surface area contributed by atoms with Gasteiger partial charge >= 0.3 is 0 Å². The van der Waals surface area contributed by atoms with Gasteiger partial charge in [-0.3, -0.25) is 4.79 Å². The Morgan fingerprint density at radius 3 is 2.85 bits per heavy atom.